The molecular weight excluding hydrogens is 283 g/mol. The summed E-state index contributed by atoms with van der Waals surface area (Å²) in [7, 11) is 0. The lowest BCUT2D eigenvalue weighted by Crippen LogP contribution is -2.26. The number of hydrogen-bond donors (Lipinski definition) is 2. The van der Waals surface area contributed by atoms with E-state index in [1.807, 2.05) is 6.07 Å². The molecule has 3 rings (SSSR count). The van der Waals surface area contributed by atoms with Crippen LogP contribution in [0.3, 0.4) is 0 Å². The first kappa shape index (κ1) is 14.4. The summed E-state index contributed by atoms with van der Waals surface area (Å²) in [6.45, 7) is 0.545. The van der Waals surface area contributed by atoms with Crippen molar-refractivity contribution in [3.63, 3.8) is 0 Å². The van der Waals surface area contributed by atoms with Crippen molar-refractivity contribution < 1.29 is 9.18 Å². The van der Waals surface area contributed by atoms with Crippen LogP contribution in [0.15, 0.2) is 36.7 Å². The van der Waals surface area contributed by atoms with E-state index in [9.17, 15) is 9.18 Å². The largest absolute Gasteiger partial charge is 0.368 e. The van der Waals surface area contributed by atoms with Gasteiger partial charge in [0.1, 0.15) is 17.3 Å². The van der Waals surface area contributed by atoms with E-state index >= 15 is 0 Å². The van der Waals surface area contributed by atoms with E-state index in [4.69, 9.17) is 0 Å². The first-order chi connectivity index (χ1) is 10.7. The molecule has 1 fully saturated rings. The fourth-order valence-electron chi connectivity index (χ4n) is 2.05. The molecule has 1 aliphatic rings. The summed E-state index contributed by atoms with van der Waals surface area (Å²) < 4.78 is 13.5. The molecule has 0 bridgehead atoms. The maximum atomic E-state index is 13.5. The van der Waals surface area contributed by atoms with Crippen LogP contribution in [0.5, 0.6) is 0 Å². The van der Waals surface area contributed by atoms with E-state index in [2.05, 4.69) is 20.6 Å². The van der Waals surface area contributed by atoms with Gasteiger partial charge in [-0.05, 0) is 30.9 Å². The van der Waals surface area contributed by atoms with E-state index in [1.54, 1.807) is 12.1 Å². The molecule has 1 aromatic carbocycles. The van der Waals surface area contributed by atoms with Gasteiger partial charge in [0.15, 0.2) is 0 Å². The zero-order chi connectivity index (χ0) is 15.4. The summed E-state index contributed by atoms with van der Waals surface area (Å²) in [6, 6.07) is 6.98. The molecule has 1 saturated carbocycles. The van der Waals surface area contributed by atoms with Gasteiger partial charge in [0.25, 0.3) is 5.91 Å². The van der Waals surface area contributed by atoms with Crippen molar-refractivity contribution in [1.29, 1.82) is 0 Å². The first-order valence-corrected chi connectivity index (χ1v) is 7.32. The zero-order valence-corrected chi connectivity index (χ0v) is 12.1. The number of anilines is 1. The molecule has 1 amide bonds. The predicted octanol–water partition coefficient (Wildman–Crippen LogP) is 2.16. The molecule has 1 aliphatic carbocycles. The third kappa shape index (κ3) is 3.78. The van der Waals surface area contributed by atoms with Crippen molar-refractivity contribution >= 4 is 11.7 Å². The average molecular weight is 300 g/mol. The van der Waals surface area contributed by atoms with E-state index < -0.39 is 0 Å². The maximum absolute atomic E-state index is 13.5. The van der Waals surface area contributed by atoms with Crippen LogP contribution >= 0.6 is 0 Å². The molecule has 0 aliphatic heterocycles. The molecule has 6 heteroatoms. The molecule has 114 valence electrons. The van der Waals surface area contributed by atoms with Crippen LogP contribution < -0.4 is 10.6 Å². The number of amides is 1. The number of aromatic nitrogens is 2. The fraction of sp³-hybridized carbons (Fsp3) is 0.312. The summed E-state index contributed by atoms with van der Waals surface area (Å²) in [5.74, 6) is 0.176. The Bertz CT molecular complexity index is 655. The Kier molecular flexibility index (Phi) is 4.27. The van der Waals surface area contributed by atoms with Gasteiger partial charge in [-0.15, -0.1) is 0 Å². The number of benzene rings is 1. The minimum absolute atomic E-state index is 0.187. The molecule has 2 N–H and O–H groups in total. The second-order valence-electron chi connectivity index (χ2n) is 5.30. The number of nitrogens with zero attached hydrogens (tertiary/aromatic N) is 2. The molecule has 0 radical (unpaired) electrons. The smallest absolute Gasteiger partial charge is 0.271 e. The summed E-state index contributed by atoms with van der Waals surface area (Å²) in [5.41, 5.74) is 0.968. The molecule has 0 atom stereocenters. The Morgan fingerprint density at radius 2 is 2.05 bits per heavy atom. The highest BCUT2D eigenvalue weighted by Gasteiger charge is 2.24. The number of rotatable bonds is 6. The third-order valence-electron chi connectivity index (χ3n) is 3.46. The number of carbonyl (C=O) groups is 1. The Morgan fingerprint density at radius 3 is 2.73 bits per heavy atom. The molecule has 0 spiro atoms. The van der Waals surface area contributed by atoms with Crippen LogP contribution in [-0.2, 0) is 6.42 Å². The van der Waals surface area contributed by atoms with E-state index in [0.29, 0.717) is 36.1 Å². The van der Waals surface area contributed by atoms with Crippen molar-refractivity contribution in [3.05, 3.63) is 53.7 Å². The van der Waals surface area contributed by atoms with Gasteiger partial charge in [0.2, 0.25) is 0 Å². The van der Waals surface area contributed by atoms with Crippen LogP contribution in [0.25, 0.3) is 0 Å². The summed E-state index contributed by atoms with van der Waals surface area (Å²) in [4.78, 5) is 20.0. The quantitative estimate of drug-likeness (QED) is 0.858. The zero-order valence-electron chi connectivity index (χ0n) is 12.1. The molecule has 22 heavy (non-hydrogen) atoms. The molecule has 5 nitrogen and oxygen atoms in total. The van der Waals surface area contributed by atoms with Crippen molar-refractivity contribution in [3.8, 4) is 0 Å². The van der Waals surface area contributed by atoms with Crippen molar-refractivity contribution in [2.45, 2.75) is 25.3 Å². The van der Waals surface area contributed by atoms with Gasteiger partial charge in [-0.1, -0.05) is 18.2 Å². The monoisotopic (exact) mass is 300 g/mol. The standard InChI is InChI=1S/C16H17FN4O/c17-13-4-2-1-3-11(13)7-8-18-15-10-19-14(9-20-15)16(22)21-12-5-6-12/h1-4,9-10,12H,5-8H2,(H,18,20)(H,21,22). The summed E-state index contributed by atoms with van der Waals surface area (Å²) >= 11 is 0. The van der Waals surface area contributed by atoms with Crippen molar-refractivity contribution in [1.82, 2.24) is 15.3 Å². The molecule has 0 unspecified atom stereocenters. The number of carbonyl (C=O) groups excluding carboxylic acids is 1. The lowest BCUT2D eigenvalue weighted by molar-refractivity contribution is 0.0945. The number of halogens is 1. The SMILES string of the molecule is O=C(NC1CC1)c1cnc(NCCc2ccccc2F)cn1. The first-order valence-electron chi connectivity index (χ1n) is 7.32. The van der Waals surface area contributed by atoms with Gasteiger partial charge in [-0.25, -0.2) is 14.4 Å². The van der Waals surface area contributed by atoms with E-state index in [1.165, 1.54) is 18.5 Å². The number of hydrogen-bond acceptors (Lipinski definition) is 4. The lowest BCUT2D eigenvalue weighted by Gasteiger charge is -2.07. The second kappa shape index (κ2) is 6.51. The average Bonchev–Trinajstić information content (AvgIpc) is 3.34. The lowest BCUT2D eigenvalue weighted by atomic mass is 10.1. The topological polar surface area (TPSA) is 66.9 Å². The van der Waals surface area contributed by atoms with Crippen molar-refractivity contribution in [2.75, 3.05) is 11.9 Å². The van der Waals surface area contributed by atoms with Gasteiger partial charge < -0.3 is 10.6 Å². The van der Waals surface area contributed by atoms with Gasteiger partial charge in [-0.3, -0.25) is 4.79 Å². The van der Waals surface area contributed by atoms with Crippen LogP contribution in [0, 0.1) is 5.82 Å². The van der Waals surface area contributed by atoms with Gasteiger partial charge >= 0.3 is 0 Å². The predicted molar refractivity (Wildman–Crippen MR) is 81.1 cm³/mol. The summed E-state index contributed by atoms with van der Waals surface area (Å²) in [6.07, 6.45) is 5.59. The van der Waals surface area contributed by atoms with Crippen molar-refractivity contribution in [2.24, 2.45) is 0 Å². The highest BCUT2D eigenvalue weighted by atomic mass is 19.1. The number of nitrogens with one attached hydrogen (secondary N) is 2. The fourth-order valence-corrected chi connectivity index (χ4v) is 2.05. The Balaban J connectivity index is 1.50. The highest BCUT2D eigenvalue weighted by molar-refractivity contribution is 5.92. The second-order valence-corrected chi connectivity index (χ2v) is 5.30. The van der Waals surface area contributed by atoms with Gasteiger partial charge in [0, 0.05) is 12.6 Å². The third-order valence-corrected chi connectivity index (χ3v) is 3.46. The van der Waals surface area contributed by atoms with Crippen LogP contribution in [-0.4, -0.2) is 28.5 Å². The molecule has 2 aromatic rings. The van der Waals surface area contributed by atoms with Gasteiger partial charge in [-0.2, -0.15) is 0 Å². The molecule has 1 aromatic heterocycles. The Hall–Kier alpha value is -2.50. The minimum Gasteiger partial charge on any atom is -0.368 e. The Labute approximate surface area is 128 Å². The van der Waals surface area contributed by atoms with Crippen LogP contribution in [0.4, 0.5) is 10.2 Å². The van der Waals surface area contributed by atoms with Crippen LogP contribution in [0.1, 0.15) is 28.9 Å². The molecular formula is C16H17FN4O. The van der Waals surface area contributed by atoms with Gasteiger partial charge in [0.05, 0.1) is 12.4 Å². The van der Waals surface area contributed by atoms with Crippen LogP contribution in [0.2, 0.25) is 0 Å². The van der Waals surface area contributed by atoms with E-state index in [0.717, 1.165) is 12.8 Å². The highest BCUT2D eigenvalue weighted by Crippen LogP contribution is 2.19. The summed E-state index contributed by atoms with van der Waals surface area (Å²) in [5, 5.41) is 5.92. The van der Waals surface area contributed by atoms with E-state index in [-0.39, 0.29) is 11.7 Å². The minimum atomic E-state index is -0.206. The Morgan fingerprint density at radius 1 is 1.23 bits per heavy atom. The molecule has 1 heterocycles. The normalized spacial score (nSPS) is 13.7. The maximum Gasteiger partial charge on any atom is 0.271 e. The molecule has 0 saturated heterocycles.